The van der Waals surface area contributed by atoms with Gasteiger partial charge in [-0.1, -0.05) is 0 Å². The Hall–Kier alpha value is -0.380. The minimum absolute atomic E-state index is 0.440. The molecule has 2 fully saturated rings. The second kappa shape index (κ2) is 2.56. The van der Waals surface area contributed by atoms with Crippen molar-refractivity contribution >= 4 is 0 Å². The number of ether oxygens (including phenoxy) is 3. The van der Waals surface area contributed by atoms with Crippen LogP contribution in [0.25, 0.3) is 0 Å². The van der Waals surface area contributed by atoms with Crippen LogP contribution in [0.1, 0.15) is 25.7 Å². The molecule has 3 rings (SSSR count). The highest BCUT2D eigenvalue weighted by Crippen LogP contribution is 2.43. The van der Waals surface area contributed by atoms with Gasteiger partial charge in [0.1, 0.15) is 0 Å². The normalized spacial score (nSPS) is 48.6. The van der Waals surface area contributed by atoms with Crippen LogP contribution in [-0.4, -0.2) is 24.8 Å². The van der Waals surface area contributed by atoms with E-state index in [4.69, 9.17) is 14.2 Å². The van der Waals surface area contributed by atoms with E-state index in [1.165, 1.54) is 0 Å². The Morgan fingerprint density at radius 1 is 0.846 bits per heavy atom. The van der Waals surface area contributed by atoms with E-state index in [-0.39, 0.29) is 0 Å². The van der Waals surface area contributed by atoms with Crippen molar-refractivity contribution in [2.75, 3.05) is 13.2 Å². The quantitative estimate of drug-likeness (QED) is 0.532. The predicted molar refractivity (Wildman–Crippen MR) is 46.1 cm³/mol. The van der Waals surface area contributed by atoms with Gasteiger partial charge in [0.25, 0.3) is 0 Å². The molecule has 72 valence electrons. The zero-order valence-electron chi connectivity index (χ0n) is 7.62. The molecule has 2 saturated heterocycles. The highest BCUT2D eigenvalue weighted by molar-refractivity contribution is 5.13. The van der Waals surface area contributed by atoms with Gasteiger partial charge in [0.05, 0.1) is 13.2 Å². The third-order valence-electron chi connectivity index (χ3n) is 2.97. The molecule has 0 aliphatic carbocycles. The summed E-state index contributed by atoms with van der Waals surface area (Å²) in [4.78, 5) is 0. The second-order valence-electron chi connectivity index (χ2n) is 3.96. The molecule has 0 saturated carbocycles. The summed E-state index contributed by atoms with van der Waals surface area (Å²) in [6, 6.07) is 0. The molecule has 3 nitrogen and oxygen atoms in total. The Labute approximate surface area is 77.7 Å². The molecule has 2 spiro atoms. The molecule has 3 aliphatic rings. The largest absolute Gasteiger partial charge is 0.346 e. The van der Waals surface area contributed by atoms with Crippen molar-refractivity contribution in [3.63, 3.8) is 0 Å². The summed E-state index contributed by atoms with van der Waals surface area (Å²) in [5.41, 5.74) is 0. The van der Waals surface area contributed by atoms with Crippen LogP contribution in [0, 0.1) is 0 Å². The van der Waals surface area contributed by atoms with Crippen LogP contribution in [0.15, 0.2) is 12.2 Å². The Morgan fingerprint density at radius 2 is 1.38 bits per heavy atom. The van der Waals surface area contributed by atoms with Crippen LogP contribution in [0.5, 0.6) is 0 Å². The number of hydrogen-bond acceptors (Lipinski definition) is 3. The molecular weight excluding hydrogens is 168 g/mol. The first-order valence-corrected chi connectivity index (χ1v) is 5.01. The molecular formula is C10H14O3. The molecule has 0 aromatic carbocycles. The van der Waals surface area contributed by atoms with Gasteiger partial charge in [0.15, 0.2) is 11.6 Å². The SMILES string of the molecule is C1=C[C@@]2(CCCO2)OC12CCCO2. The summed E-state index contributed by atoms with van der Waals surface area (Å²) >= 11 is 0. The van der Waals surface area contributed by atoms with Crippen LogP contribution in [0.3, 0.4) is 0 Å². The van der Waals surface area contributed by atoms with E-state index in [0.29, 0.717) is 0 Å². The first kappa shape index (κ1) is 7.97. The van der Waals surface area contributed by atoms with E-state index in [9.17, 15) is 0 Å². The van der Waals surface area contributed by atoms with E-state index < -0.39 is 11.6 Å². The molecule has 2 atom stereocenters. The van der Waals surface area contributed by atoms with Crippen molar-refractivity contribution < 1.29 is 14.2 Å². The zero-order valence-corrected chi connectivity index (χ0v) is 7.62. The minimum Gasteiger partial charge on any atom is -0.346 e. The van der Waals surface area contributed by atoms with Gasteiger partial charge in [-0.15, -0.1) is 0 Å². The molecule has 1 unspecified atom stereocenters. The highest BCUT2D eigenvalue weighted by Gasteiger charge is 2.49. The summed E-state index contributed by atoms with van der Waals surface area (Å²) in [7, 11) is 0. The summed E-state index contributed by atoms with van der Waals surface area (Å²) < 4.78 is 17.1. The third-order valence-corrected chi connectivity index (χ3v) is 2.97. The number of rotatable bonds is 0. The summed E-state index contributed by atoms with van der Waals surface area (Å²) in [5.74, 6) is -0.880. The van der Waals surface area contributed by atoms with Crippen molar-refractivity contribution in [2.45, 2.75) is 37.3 Å². The number of hydrogen-bond donors (Lipinski definition) is 0. The van der Waals surface area contributed by atoms with Gasteiger partial charge in [-0.25, -0.2) is 0 Å². The molecule has 0 radical (unpaired) electrons. The van der Waals surface area contributed by atoms with Crippen molar-refractivity contribution in [3.05, 3.63) is 12.2 Å². The van der Waals surface area contributed by atoms with Crippen LogP contribution in [0.2, 0.25) is 0 Å². The monoisotopic (exact) mass is 182 g/mol. The fraction of sp³-hybridized carbons (Fsp3) is 0.800. The fourth-order valence-electron chi connectivity index (χ4n) is 2.31. The summed E-state index contributed by atoms with van der Waals surface area (Å²) in [5, 5.41) is 0. The molecule has 0 N–H and O–H groups in total. The lowest BCUT2D eigenvalue weighted by Gasteiger charge is -2.28. The van der Waals surface area contributed by atoms with Crippen LogP contribution in [-0.2, 0) is 14.2 Å². The zero-order chi connectivity index (χ0) is 8.78. The molecule has 0 bridgehead atoms. The minimum atomic E-state index is -0.440. The Kier molecular flexibility index (Phi) is 1.57. The van der Waals surface area contributed by atoms with Crippen molar-refractivity contribution in [3.8, 4) is 0 Å². The first-order valence-electron chi connectivity index (χ1n) is 5.01. The van der Waals surface area contributed by atoms with Crippen LogP contribution < -0.4 is 0 Å². The van der Waals surface area contributed by atoms with Gasteiger partial charge in [0.2, 0.25) is 0 Å². The first-order chi connectivity index (χ1) is 6.33. The van der Waals surface area contributed by atoms with Crippen LogP contribution >= 0.6 is 0 Å². The summed E-state index contributed by atoms with van der Waals surface area (Å²) in [6.07, 6.45) is 8.17. The van der Waals surface area contributed by atoms with Gasteiger partial charge >= 0.3 is 0 Å². The van der Waals surface area contributed by atoms with Crippen LogP contribution in [0.4, 0.5) is 0 Å². The standard InChI is InChI=1S/C10H14O3/c1-3-9(11-7-1)5-6-10(13-9)4-2-8-12-10/h5-6H,1-4,7-8H2/t9-,10?/m1/s1. The Balaban J connectivity index is 1.81. The molecule has 0 aromatic heterocycles. The average Bonchev–Trinajstić information content (AvgIpc) is 2.81. The van der Waals surface area contributed by atoms with Crippen molar-refractivity contribution in [1.29, 1.82) is 0 Å². The molecule has 3 aliphatic heterocycles. The Bertz CT molecular complexity index is 211. The van der Waals surface area contributed by atoms with E-state index >= 15 is 0 Å². The third kappa shape index (κ3) is 1.15. The van der Waals surface area contributed by atoms with E-state index in [0.717, 1.165) is 38.9 Å². The molecule has 3 heteroatoms. The molecule has 3 heterocycles. The smallest absolute Gasteiger partial charge is 0.191 e. The van der Waals surface area contributed by atoms with Gasteiger partial charge in [-0.2, -0.15) is 0 Å². The van der Waals surface area contributed by atoms with Gasteiger partial charge in [0, 0.05) is 12.8 Å². The predicted octanol–water partition coefficient (Wildman–Crippen LogP) is 1.59. The lowest BCUT2D eigenvalue weighted by atomic mass is 10.2. The maximum absolute atomic E-state index is 5.90. The Morgan fingerprint density at radius 3 is 1.77 bits per heavy atom. The van der Waals surface area contributed by atoms with E-state index in [2.05, 4.69) is 0 Å². The highest BCUT2D eigenvalue weighted by atomic mass is 16.8. The van der Waals surface area contributed by atoms with Gasteiger partial charge in [-0.3, -0.25) is 0 Å². The summed E-state index contributed by atoms with van der Waals surface area (Å²) in [6.45, 7) is 1.61. The maximum atomic E-state index is 5.90. The lowest BCUT2D eigenvalue weighted by Crippen LogP contribution is -2.35. The second-order valence-corrected chi connectivity index (χ2v) is 3.96. The van der Waals surface area contributed by atoms with Crippen molar-refractivity contribution in [2.24, 2.45) is 0 Å². The molecule has 0 aromatic rings. The van der Waals surface area contributed by atoms with Gasteiger partial charge < -0.3 is 14.2 Å². The van der Waals surface area contributed by atoms with E-state index in [1.54, 1.807) is 0 Å². The average molecular weight is 182 g/mol. The lowest BCUT2D eigenvalue weighted by molar-refractivity contribution is -0.279. The molecule has 0 amide bonds. The molecule has 13 heavy (non-hydrogen) atoms. The maximum Gasteiger partial charge on any atom is 0.191 e. The fourth-order valence-corrected chi connectivity index (χ4v) is 2.31. The van der Waals surface area contributed by atoms with Crippen molar-refractivity contribution in [1.82, 2.24) is 0 Å². The van der Waals surface area contributed by atoms with Gasteiger partial charge in [-0.05, 0) is 25.0 Å². The van der Waals surface area contributed by atoms with E-state index in [1.807, 2.05) is 12.2 Å². The topological polar surface area (TPSA) is 27.7 Å².